The first-order valence-corrected chi connectivity index (χ1v) is 5.60. The number of nitro benzene ring substituents is 1. The number of nitrogen functional groups attached to an aromatic ring is 1. The molecule has 4 N–H and O–H groups in total. The Labute approximate surface area is 109 Å². The fourth-order valence-electron chi connectivity index (χ4n) is 1.31. The van der Waals surface area contributed by atoms with Crippen LogP contribution < -0.4 is 16.6 Å². The third-order valence-electron chi connectivity index (χ3n) is 2.13. The number of carbonyl (C=O) groups is 1. The minimum atomic E-state index is -0.608. The number of aromatic nitrogens is 3. The van der Waals surface area contributed by atoms with Crippen molar-refractivity contribution >= 4 is 33.9 Å². The summed E-state index contributed by atoms with van der Waals surface area (Å²) in [6.45, 7) is 0. The van der Waals surface area contributed by atoms with E-state index < -0.39 is 10.8 Å². The summed E-state index contributed by atoms with van der Waals surface area (Å²) in [5, 5.41) is 20.1. The smallest absolute Gasteiger partial charge is 0.270 e. The Morgan fingerprint density at radius 1 is 1.47 bits per heavy atom. The molecule has 0 aliphatic carbocycles. The van der Waals surface area contributed by atoms with Crippen molar-refractivity contribution in [3.05, 3.63) is 33.9 Å². The lowest BCUT2D eigenvalue weighted by molar-refractivity contribution is -0.384. The van der Waals surface area contributed by atoms with E-state index in [0.717, 1.165) is 17.6 Å². The van der Waals surface area contributed by atoms with Crippen molar-refractivity contribution in [1.29, 1.82) is 0 Å². The molecule has 0 aliphatic heterocycles. The summed E-state index contributed by atoms with van der Waals surface area (Å²) in [5.74, 6) is 4.65. The van der Waals surface area contributed by atoms with Crippen molar-refractivity contribution in [3.63, 3.8) is 0 Å². The maximum absolute atomic E-state index is 11.9. The van der Waals surface area contributed by atoms with Gasteiger partial charge in [0, 0.05) is 23.7 Å². The summed E-state index contributed by atoms with van der Waals surface area (Å²) < 4.78 is 3.47. The number of hydrazine groups is 1. The maximum Gasteiger partial charge on any atom is 0.270 e. The van der Waals surface area contributed by atoms with Gasteiger partial charge in [-0.15, -0.1) is 0 Å². The molecule has 98 valence electrons. The molecule has 0 unspecified atom stereocenters. The predicted molar refractivity (Wildman–Crippen MR) is 66.6 cm³/mol. The molecule has 2 aromatic rings. The van der Waals surface area contributed by atoms with Crippen molar-refractivity contribution in [2.24, 2.45) is 5.84 Å². The second kappa shape index (κ2) is 5.32. The van der Waals surface area contributed by atoms with Crippen molar-refractivity contribution in [2.75, 3.05) is 10.7 Å². The second-order valence-electron chi connectivity index (χ2n) is 3.25. The topological polar surface area (TPSA) is 149 Å². The lowest BCUT2D eigenvalue weighted by Gasteiger charge is -2.07. The van der Waals surface area contributed by atoms with Gasteiger partial charge in [0.25, 0.3) is 11.6 Å². The quantitative estimate of drug-likeness (QED) is 0.413. The number of nitrogens with one attached hydrogen (secondary N) is 2. The Balaban J connectivity index is 2.33. The van der Waals surface area contributed by atoms with Crippen molar-refractivity contribution in [3.8, 4) is 0 Å². The number of anilines is 2. The van der Waals surface area contributed by atoms with E-state index in [2.05, 4.69) is 25.5 Å². The van der Waals surface area contributed by atoms with Gasteiger partial charge >= 0.3 is 0 Å². The number of carbonyl (C=O) groups excluding carboxylic acids is 1. The number of rotatable bonds is 4. The average Bonchev–Trinajstić information content (AvgIpc) is 2.90. The van der Waals surface area contributed by atoms with Gasteiger partial charge in [-0.25, -0.2) is 0 Å². The van der Waals surface area contributed by atoms with E-state index in [9.17, 15) is 14.9 Å². The SMILES string of the molecule is NNc1ccc([N+](=O)[O-])cc1C(=O)Nc1nnns1. The number of non-ortho nitro benzene ring substituents is 1. The van der Waals surface area contributed by atoms with Crippen LogP contribution in [-0.2, 0) is 0 Å². The number of amides is 1. The molecule has 0 atom stereocenters. The number of hydrogen-bond acceptors (Lipinski definition) is 9. The Morgan fingerprint density at radius 3 is 2.84 bits per heavy atom. The van der Waals surface area contributed by atoms with Crippen LogP contribution in [0, 0.1) is 10.1 Å². The predicted octanol–water partition coefficient (Wildman–Crippen LogP) is 0.379. The fourth-order valence-corrected chi connectivity index (χ4v) is 1.67. The first-order chi connectivity index (χ1) is 9.11. The average molecular weight is 281 g/mol. The molecule has 0 fully saturated rings. The largest absolute Gasteiger partial charge is 0.323 e. The third-order valence-corrected chi connectivity index (χ3v) is 2.65. The van der Waals surface area contributed by atoms with Crippen LogP contribution in [0.2, 0.25) is 0 Å². The zero-order valence-corrected chi connectivity index (χ0v) is 10.0. The van der Waals surface area contributed by atoms with Gasteiger partial charge in [-0.2, -0.15) is 0 Å². The van der Waals surface area contributed by atoms with Gasteiger partial charge in [-0.3, -0.25) is 26.1 Å². The Bertz CT molecular complexity index is 615. The summed E-state index contributed by atoms with van der Waals surface area (Å²) in [6.07, 6.45) is 0. The van der Waals surface area contributed by atoms with Crippen LogP contribution in [-0.4, -0.2) is 25.6 Å². The number of nitrogens with zero attached hydrogens (tertiary/aromatic N) is 4. The molecule has 11 heteroatoms. The molecule has 19 heavy (non-hydrogen) atoms. The second-order valence-corrected chi connectivity index (χ2v) is 3.99. The van der Waals surface area contributed by atoms with E-state index in [1.165, 1.54) is 12.1 Å². The highest BCUT2D eigenvalue weighted by atomic mass is 32.1. The molecule has 0 saturated carbocycles. The van der Waals surface area contributed by atoms with Crippen LogP contribution in [0.25, 0.3) is 0 Å². The Hall–Kier alpha value is -2.66. The van der Waals surface area contributed by atoms with E-state index in [1.54, 1.807) is 0 Å². The molecular formula is C8H7N7O3S. The normalized spacial score (nSPS) is 9.95. The van der Waals surface area contributed by atoms with Crippen LogP contribution >= 0.6 is 11.5 Å². The molecule has 0 saturated heterocycles. The maximum atomic E-state index is 11.9. The monoisotopic (exact) mass is 281 g/mol. The molecule has 10 nitrogen and oxygen atoms in total. The molecule has 1 amide bonds. The summed E-state index contributed by atoms with van der Waals surface area (Å²) in [6, 6.07) is 3.68. The van der Waals surface area contributed by atoms with Crippen molar-refractivity contribution < 1.29 is 9.72 Å². The van der Waals surface area contributed by atoms with E-state index in [-0.39, 0.29) is 22.1 Å². The highest BCUT2D eigenvalue weighted by Gasteiger charge is 2.17. The molecule has 0 radical (unpaired) electrons. The van der Waals surface area contributed by atoms with Crippen LogP contribution in [0.4, 0.5) is 16.5 Å². The van der Waals surface area contributed by atoms with Crippen molar-refractivity contribution in [2.45, 2.75) is 0 Å². The Morgan fingerprint density at radius 2 is 2.26 bits per heavy atom. The number of benzene rings is 1. The van der Waals surface area contributed by atoms with Gasteiger partial charge in [0.1, 0.15) is 0 Å². The zero-order valence-electron chi connectivity index (χ0n) is 9.23. The van der Waals surface area contributed by atoms with Crippen LogP contribution in [0.3, 0.4) is 0 Å². The lowest BCUT2D eigenvalue weighted by atomic mass is 10.1. The van der Waals surface area contributed by atoms with Crippen LogP contribution in [0.5, 0.6) is 0 Å². The molecule has 2 rings (SSSR count). The van der Waals surface area contributed by atoms with E-state index in [4.69, 9.17) is 5.84 Å². The highest BCUT2D eigenvalue weighted by molar-refractivity contribution is 7.09. The minimum Gasteiger partial charge on any atom is -0.323 e. The molecule has 0 aliphatic rings. The van der Waals surface area contributed by atoms with Gasteiger partial charge in [-0.05, 0) is 11.3 Å². The first kappa shape index (κ1) is 12.8. The van der Waals surface area contributed by atoms with E-state index in [0.29, 0.717) is 0 Å². The Kier molecular flexibility index (Phi) is 3.58. The summed E-state index contributed by atoms with van der Waals surface area (Å²) >= 11 is 0.880. The number of nitro groups is 1. The van der Waals surface area contributed by atoms with Gasteiger partial charge < -0.3 is 5.43 Å². The first-order valence-electron chi connectivity index (χ1n) is 4.83. The van der Waals surface area contributed by atoms with Crippen LogP contribution in [0.15, 0.2) is 18.2 Å². The molecule has 1 aromatic heterocycles. The minimum absolute atomic E-state index is 0.0203. The van der Waals surface area contributed by atoms with Gasteiger partial charge in [0.05, 0.1) is 16.2 Å². The molecule has 0 spiro atoms. The molecule has 0 bridgehead atoms. The standard InChI is InChI=1S/C8H7N7O3S/c9-11-6-2-1-4(15(17)18)3-5(6)7(16)10-8-12-13-14-19-8/h1-3,11H,9H2,(H,10,12,14,16). The van der Waals surface area contributed by atoms with Crippen molar-refractivity contribution in [1.82, 2.24) is 14.8 Å². The zero-order chi connectivity index (χ0) is 13.8. The number of hydrogen-bond donors (Lipinski definition) is 3. The van der Waals surface area contributed by atoms with Gasteiger partial charge in [-0.1, -0.05) is 9.59 Å². The summed E-state index contributed by atoms with van der Waals surface area (Å²) in [4.78, 5) is 22.0. The summed E-state index contributed by atoms with van der Waals surface area (Å²) in [7, 11) is 0. The lowest BCUT2D eigenvalue weighted by Crippen LogP contribution is -2.17. The van der Waals surface area contributed by atoms with Crippen LogP contribution in [0.1, 0.15) is 10.4 Å². The fraction of sp³-hybridized carbons (Fsp3) is 0. The number of nitrogens with two attached hydrogens (primary N) is 1. The molecule has 1 heterocycles. The summed E-state index contributed by atoms with van der Waals surface area (Å²) in [5.41, 5.74) is 2.34. The third kappa shape index (κ3) is 2.78. The molecular weight excluding hydrogens is 274 g/mol. The van der Waals surface area contributed by atoms with Gasteiger partial charge in [0.15, 0.2) is 0 Å². The molecule has 1 aromatic carbocycles. The van der Waals surface area contributed by atoms with Gasteiger partial charge in [0.2, 0.25) is 5.13 Å². The highest BCUT2D eigenvalue weighted by Crippen LogP contribution is 2.22. The van der Waals surface area contributed by atoms with E-state index >= 15 is 0 Å². The van der Waals surface area contributed by atoms with E-state index in [1.807, 2.05) is 0 Å².